The number of imide groups is 1. The van der Waals surface area contributed by atoms with E-state index < -0.39 is 35.9 Å². The lowest BCUT2D eigenvalue weighted by Gasteiger charge is -2.40. The largest absolute Gasteiger partial charge is 0.444 e. The highest BCUT2D eigenvalue weighted by molar-refractivity contribution is 6.00. The second-order valence-electron chi connectivity index (χ2n) is 10.2. The molecule has 1 aromatic carbocycles. The highest BCUT2D eigenvalue weighted by Crippen LogP contribution is 2.32. The minimum absolute atomic E-state index is 0.0364. The van der Waals surface area contributed by atoms with Crippen molar-refractivity contribution in [1.82, 2.24) is 19.4 Å². The van der Waals surface area contributed by atoms with E-state index in [2.05, 4.69) is 5.32 Å². The number of piperidine rings is 2. The van der Waals surface area contributed by atoms with Crippen molar-refractivity contribution < 1.29 is 23.5 Å². The molecule has 3 heterocycles. The number of alkyl halides is 1. The minimum atomic E-state index is -1.33. The fourth-order valence-corrected chi connectivity index (χ4v) is 4.92. The molecule has 3 amide bonds. The smallest absolute Gasteiger partial charge is 0.410 e. The summed E-state index contributed by atoms with van der Waals surface area (Å²) < 4.78 is 23.6. The third-order valence-corrected chi connectivity index (χ3v) is 6.63. The molecule has 2 saturated heterocycles. The molecule has 0 bridgehead atoms. The van der Waals surface area contributed by atoms with Crippen molar-refractivity contribution in [2.45, 2.75) is 63.9 Å². The second kappa shape index (κ2) is 9.01. The number of anilines is 1. The van der Waals surface area contributed by atoms with Crippen LogP contribution in [0.3, 0.4) is 0 Å². The number of nitrogens with one attached hydrogen (secondary N) is 1. The van der Waals surface area contributed by atoms with Crippen LogP contribution in [0.1, 0.15) is 46.1 Å². The van der Waals surface area contributed by atoms with Crippen LogP contribution in [0.5, 0.6) is 0 Å². The molecule has 2 fully saturated rings. The summed E-state index contributed by atoms with van der Waals surface area (Å²) in [7, 11) is 3.16. The number of ether oxygens (including phenoxy) is 1. The predicted molar refractivity (Wildman–Crippen MR) is 128 cm³/mol. The first-order valence-electron chi connectivity index (χ1n) is 11.8. The summed E-state index contributed by atoms with van der Waals surface area (Å²) in [5.74, 6) is -0.857. The Labute approximate surface area is 202 Å². The maximum absolute atomic E-state index is 15.3. The van der Waals surface area contributed by atoms with Crippen LogP contribution in [0.25, 0.3) is 11.0 Å². The molecule has 1 aromatic heterocycles. The number of carbonyl (C=O) groups excluding carboxylic acids is 3. The number of hydrogen-bond acceptors (Lipinski definition) is 6. The standard InChI is InChI=1S/C24H32FN5O5/c1-24(2,3)35-23(34)27(4)15-11-12-29(13-14(15)25)16-7-6-8-17-20(16)28(5)22(33)30(17)18-9-10-19(31)26-21(18)32/h6-8,14-15,18H,9-13H2,1-5H3,(H,26,31,32). The minimum Gasteiger partial charge on any atom is -0.444 e. The van der Waals surface area contributed by atoms with Gasteiger partial charge in [-0.1, -0.05) is 6.07 Å². The number of halogens is 1. The lowest BCUT2D eigenvalue weighted by Crippen LogP contribution is -2.53. The van der Waals surface area contributed by atoms with Gasteiger partial charge in [0.25, 0.3) is 0 Å². The van der Waals surface area contributed by atoms with Gasteiger partial charge in [0, 0.05) is 27.1 Å². The first kappa shape index (κ1) is 24.7. The quantitative estimate of drug-likeness (QED) is 0.662. The zero-order chi connectivity index (χ0) is 25.7. The molecule has 2 aliphatic rings. The van der Waals surface area contributed by atoms with E-state index in [-0.39, 0.29) is 31.0 Å². The van der Waals surface area contributed by atoms with Crippen molar-refractivity contribution in [2.75, 3.05) is 25.0 Å². The monoisotopic (exact) mass is 489 g/mol. The fourth-order valence-electron chi connectivity index (χ4n) is 4.92. The van der Waals surface area contributed by atoms with Gasteiger partial charge in [-0.15, -0.1) is 0 Å². The molecule has 2 aliphatic heterocycles. The molecule has 1 N–H and O–H groups in total. The number of benzene rings is 1. The molecule has 2 aromatic rings. The van der Waals surface area contributed by atoms with E-state index in [1.807, 2.05) is 11.0 Å². The third kappa shape index (κ3) is 4.63. The number of aromatic nitrogens is 2. The number of carbonyl (C=O) groups is 3. The number of fused-ring (bicyclic) bond motifs is 1. The molecule has 0 saturated carbocycles. The van der Waals surface area contributed by atoms with E-state index in [1.54, 1.807) is 47.0 Å². The Kier molecular flexibility index (Phi) is 6.37. The number of aryl methyl sites for hydroxylation is 1. The predicted octanol–water partition coefficient (Wildman–Crippen LogP) is 2.10. The van der Waals surface area contributed by atoms with Crippen molar-refractivity contribution in [3.05, 3.63) is 28.7 Å². The molecule has 3 unspecified atom stereocenters. The van der Waals surface area contributed by atoms with Crippen LogP contribution < -0.4 is 15.9 Å². The average molecular weight is 490 g/mol. The SMILES string of the molecule is CN(C(=O)OC(C)(C)C)C1CCN(c2cccc3c2n(C)c(=O)n3C2CCC(=O)NC2=O)CC1F. The van der Waals surface area contributed by atoms with E-state index in [1.165, 1.54) is 14.0 Å². The molecule has 190 valence electrons. The Balaban J connectivity index is 1.61. The topological polar surface area (TPSA) is 106 Å². The number of amides is 3. The Bertz CT molecular complexity index is 1230. The molecule has 0 radical (unpaired) electrons. The van der Waals surface area contributed by atoms with Crippen LogP contribution >= 0.6 is 0 Å². The van der Waals surface area contributed by atoms with Crippen LogP contribution in [0, 0.1) is 0 Å². The van der Waals surface area contributed by atoms with E-state index in [0.717, 1.165) is 0 Å². The first-order chi connectivity index (χ1) is 16.4. The Hall–Kier alpha value is -3.37. The molecule has 3 atom stereocenters. The van der Waals surface area contributed by atoms with Gasteiger partial charge in [-0.3, -0.25) is 24.0 Å². The van der Waals surface area contributed by atoms with Crippen LogP contribution in [0.2, 0.25) is 0 Å². The van der Waals surface area contributed by atoms with Crippen molar-refractivity contribution in [2.24, 2.45) is 7.05 Å². The van der Waals surface area contributed by atoms with Gasteiger partial charge in [-0.05, 0) is 45.7 Å². The van der Waals surface area contributed by atoms with Gasteiger partial charge in [-0.2, -0.15) is 0 Å². The van der Waals surface area contributed by atoms with Gasteiger partial charge in [0.1, 0.15) is 17.8 Å². The number of rotatable bonds is 3. The Morgan fingerprint density at radius 1 is 1.20 bits per heavy atom. The number of imidazole rings is 1. The summed E-state index contributed by atoms with van der Waals surface area (Å²) in [6.45, 7) is 5.80. The zero-order valence-corrected chi connectivity index (χ0v) is 20.7. The van der Waals surface area contributed by atoms with Gasteiger partial charge < -0.3 is 14.5 Å². The van der Waals surface area contributed by atoms with E-state index in [9.17, 15) is 19.2 Å². The summed E-state index contributed by atoms with van der Waals surface area (Å²) in [5, 5.41) is 2.30. The van der Waals surface area contributed by atoms with Crippen LogP contribution in [-0.2, 0) is 21.4 Å². The van der Waals surface area contributed by atoms with Gasteiger partial charge >= 0.3 is 11.8 Å². The maximum Gasteiger partial charge on any atom is 0.410 e. The highest BCUT2D eigenvalue weighted by atomic mass is 19.1. The Morgan fingerprint density at radius 3 is 2.54 bits per heavy atom. The van der Waals surface area contributed by atoms with Crippen LogP contribution in [-0.4, -0.2) is 69.9 Å². The summed E-state index contributed by atoms with van der Waals surface area (Å²) in [5.41, 5.74) is 0.766. The molecule has 10 nitrogen and oxygen atoms in total. The van der Waals surface area contributed by atoms with Gasteiger partial charge in [0.05, 0.1) is 29.3 Å². The lowest BCUT2D eigenvalue weighted by molar-refractivity contribution is -0.135. The van der Waals surface area contributed by atoms with Gasteiger partial charge in [0.2, 0.25) is 11.8 Å². The average Bonchev–Trinajstić information content (AvgIpc) is 3.02. The molecular formula is C24H32FN5O5. The fraction of sp³-hybridized carbons (Fsp3) is 0.583. The lowest BCUT2D eigenvalue weighted by atomic mass is 10.0. The summed E-state index contributed by atoms with van der Waals surface area (Å²) in [6, 6.07) is 3.92. The summed E-state index contributed by atoms with van der Waals surface area (Å²) in [6.07, 6.45) is -1.12. The van der Waals surface area contributed by atoms with Crippen molar-refractivity contribution in [3.63, 3.8) is 0 Å². The highest BCUT2D eigenvalue weighted by Gasteiger charge is 2.37. The van der Waals surface area contributed by atoms with E-state index >= 15 is 4.39 Å². The first-order valence-corrected chi connectivity index (χ1v) is 11.8. The second-order valence-corrected chi connectivity index (χ2v) is 10.2. The molecule has 4 rings (SSSR count). The zero-order valence-electron chi connectivity index (χ0n) is 20.7. The Morgan fingerprint density at radius 2 is 1.91 bits per heavy atom. The van der Waals surface area contributed by atoms with Gasteiger partial charge in [0.15, 0.2) is 0 Å². The molecular weight excluding hydrogens is 457 g/mol. The summed E-state index contributed by atoms with van der Waals surface area (Å²) in [4.78, 5) is 52.8. The van der Waals surface area contributed by atoms with Crippen molar-refractivity contribution in [1.29, 1.82) is 0 Å². The van der Waals surface area contributed by atoms with Crippen LogP contribution in [0.4, 0.5) is 14.9 Å². The van der Waals surface area contributed by atoms with E-state index in [4.69, 9.17) is 4.74 Å². The summed E-state index contributed by atoms with van der Waals surface area (Å²) >= 11 is 0. The molecule has 11 heteroatoms. The molecule has 35 heavy (non-hydrogen) atoms. The van der Waals surface area contributed by atoms with Crippen molar-refractivity contribution in [3.8, 4) is 0 Å². The molecule has 0 aliphatic carbocycles. The van der Waals surface area contributed by atoms with Crippen molar-refractivity contribution >= 4 is 34.6 Å². The molecule has 0 spiro atoms. The number of para-hydroxylation sites is 1. The normalized spacial score (nSPS) is 23.4. The third-order valence-electron chi connectivity index (χ3n) is 6.63. The number of nitrogens with zero attached hydrogens (tertiary/aromatic N) is 4. The van der Waals surface area contributed by atoms with Crippen LogP contribution in [0.15, 0.2) is 23.0 Å². The van der Waals surface area contributed by atoms with Gasteiger partial charge in [-0.25, -0.2) is 14.0 Å². The number of hydrogen-bond donors (Lipinski definition) is 1. The van der Waals surface area contributed by atoms with E-state index in [0.29, 0.717) is 29.7 Å². The maximum atomic E-state index is 15.3.